The molecular formula is C16H14ClN3O3. The molecule has 23 heavy (non-hydrogen) atoms. The smallest absolute Gasteiger partial charge is 0.341 e. The summed E-state index contributed by atoms with van der Waals surface area (Å²) >= 11 is 6.02. The molecule has 0 saturated carbocycles. The summed E-state index contributed by atoms with van der Waals surface area (Å²) in [5.74, 6) is -0.454. The fraction of sp³-hybridized carbons (Fsp3) is 0.188. The van der Waals surface area contributed by atoms with Crippen LogP contribution in [0.25, 0.3) is 16.6 Å². The molecule has 0 amide bonds. The van der Waals surface area contributed by atoms with E-state index in [1.54, 1.807) is 30.1 Å². The molecule has 1 aromatic carbocycles. The van der Waals surface area contributed by atoms with E-state index in [1.807, 2.05) is 12.1 Å². The average molecular weight is 332 g/mol. The number of halogens is 1. The van der Waals surface area contributed by atoms with Crippen molar-refractivity contribution in [3.8, 4) is 5.69 Å². The van der Waals surface area contributed by atoms with Gasteiger partial charge in [0.25, 0.3) is 0 Å². The van der Waals surface area contributed by atoms with Gasteiger partial charge in [0.1, 0.15) is 5.56 Å². The van der Waals surface area contributed by atoms with Gasteiger partial charge in [0.2, 0.25) is 0 Å². The summed E-state index contributed by atoms with van der Waals surface area (Å²) in [6, 6.07) is 7.26. The highest BCUT2D eigenvalue weighted by Crippen LogP contribution is 2.25. The lowest BCUT2D eigenvalue weighted by atomic mass is 10.2. The second-order valence-electron chi connectivity index (χ2n) is 4.83. The average Bonchev–Trinajstić information content (AvgIpc) is 2.97. The molecule has 6 nitrogen and oxygen atoms in total. The number of pyridine rings is 1. The molecule has 0 radical (unpaired) electrons. The second kappa shape index (κ2) is 6.36. The topological polar surface area (TPSA) is 66.2 Å². The van der Waals surface area contributed by atoms with Gasteiger partial charge in [-0.25, -0.2) is 9.48 Å². The number of esters is 1. The number of carbonyl (C=O) groups is 1. The van der Waals surface area contributed by atoms with Crippen molar-refractivity contribution in [2.45, 2.75) is 6.61 Å². The van der Waals surface area contributed by atoms with Gasteiger partial charge in [0, 0.05) is 23.7 Å². The Morgan fingerprint density at radius 2 is 2.13 bits per heavy atom. The van der Waals surface area contributed by atoms with E-state index < -0.39 is 5.97 Å². The van der Waals surface area contributed by atoms with Gasteiger partial charge in [-0.15, -0.1) is 0 Å². The molecule has 7 heteroatoms. The zero-order chi connectivity index (χ0) is 16.4. The Morgan fingerprint density at radius 3 is 2.87 bits per heavy atom. The maximum absolute atomic E-state index is 11.9. The number of rotatable bonds is 4. The Morgan fingerprint density at radius 1 is 1.30 bits per heavy atom. The van der Waals surface area contributed by atoms with Crippen LogP contribution in [0.2, 0.25) is 5.02 Å². The number of methoxy groups -OCH3 is 2. The minimum atomic E-state index is -0.454. The number of nitrogens with zero attached hydrogens (tertiary/aromatic N) is 3. The fourth-order valence-corrected chi connectivity index (χ4v) is 2.59. The van der Waals surface area contributed by atoms with Gasteiger partial charge in [-0.05, 0) is 24.3 Å². The van der Waals surface area contributed by atoms with Gasteiger partial charge in [-0.2, -0.15) is 5.10 Å². The Kier molecular flexibility index (Phi) is 4.27. The molecule has 0 fully saturated rings. The van der Waals surface area contributed by atoms with E-state index in [9.17, 15) is 4.79 Å². The standard InChI is InChI=1S/C16H14ClN3O3/c1-22-9-15-12(16(21)23-2)8-19-20(15)14-5-6-18-13-7-10(17)3-4-11(13)14/h3-8H,9H2,1-2H3. The highest BCUT2D eigenvalue weighted by molar-refractivity contribution is 6.31. The van der Waals surface area contributed by atoms with Crippen molar-refractivity contribution in [3.63, 3.8) is 0 Å². The van der Waals surface area contributed by atoms with Crippen molar-refractivity contribution < 1.29 is 14.3 Å². The molecular weight excluding hydrogens is 318 g/mol. The highest BCUT2D eigenvalue weighted by atomic mass is 35.5. The third-order valence-electron chi connectivity index (χ3n) is 3.47. The predicted molar refractivity (Wildman–Crippen MR) is 85.9 cm³/mol. The second-order valence-corrected chi connectivity index (χ2v) is 5.27. The van der Waals surface area contributed by atoms with E-state index in [0.29, 0.717) is 16.3 Å². The molecule has 2 aromatic heterocycles. The van der Waals surface area contributed by atoms with E-state index in [2.05, 4.69) is 10.1 Å². The van der Waals surface area contributed by atoms with Crippen LogP contribution in [0, 0.1) is 0 Å². The number of hydrogen-bond donors (Lipinski definition) is 0. The molecule has 3 rings (SSSR count). The molecule has 2 heterocycles. The first-order valence-corrected chi connectivity index (χ1v) is 7.22. The quantitative estimate of drug-likeness (QED) is 0.687. The molecule has 0 bridgehead atoms. The van der Waals surface area contributed by atoms with Crippen molar-refractivity contribution >= 4 is 28.5 Å². The molecule has 0 aliphatic heterocycles. The first-order valence-electron chi connectivity index (χ1n) is 6.84. The maximum Gasteiger partial charge on any atom is 0.341 e. The van der Waals surface area contributed by atoms with Gasteiger partial charge >= 0.3 is 5.97 Å². The van der Waals surface area contributed by atoms with Gasteiger partial charge < -0.3 is 9.47 Å². The molecule has 0 unspecified atom stereocenters. The fourth-order valence-electron chi connectivity index (χ4n) is 2.43. The van der Waals surface area contributed by atoms with Crippen LogP contribution in [0.3, 0.4) is 0 Å². The number of carbonyl (C=O) groups excluding carboxylic acids is 1. The minimum absolute atomic E-state index is 0.224. The van der Waals surface area contributed by atoms with Gasteiger partial charge in [0.05, 0.1) is 36.8 Å². The normalized spacial score (nSPS) is 10.9. The lowest BCUT2D eigenvalue weighted by Gasteiger charge is -2.11. The number of fused-ring (bicyclic) bond motifs is 1. The monoisotopic (exact) mass is 331 g/mol. The van der Waals surface area contributed by atoms with Crippen LogP contribution in [0.15, 0.2) is 36.7 Å². The zero-order valence-corrected chi connectivity index (χ0v) is 13.4. The molecule has 0 N–H and O–H groups in total. The van der Waals surface area contributed by atoms with Gasteiger partial charge in [0.15, 0.2) is 0 Å². The molecule has 0 aliphatic rings. The van der Waals surface area contributed by atoms with Gasteiger partial charge in [-0.3, -0.25) is 4.98 Å². The number of hydrogen-bond acceptors (Lipinski definition) is 5. The summed E-state index contributed by atoms with van der Waals surface area (Å²) in [6.07, 6.45) is 3.15. The molecule has 3 aromatic rings. The third kappa shape index (κ3) is 2.78. The summed E-state index contributed by atoms with van der Waals surface area (Å²) in [5.41, 5.74) is 2.51. The Bertz CT molecular complexity index is 876. The molecule has 0 aliphatic carbocycles. The predicted octanol–water partition coefficient (Wildman–Crippen LogP) is 3.01. The van der Waals surface area contributed by atoms with Crippen molar-refractivity contribution in [2.75, 3.05) is 14.2 Å². The molecule has 118 valence electrons. The van der Waals surface area contributed by atoms with Crippen LogP contribution in [0.4, 0.5) is 0 Å². The van der Waals surface area contributed by atoms with Crippen molar-refractivity contribution in [1.29, 1.82) is 0 Å². The number of aromatic nitrogens is 3. The lowest BCUT2D eigenvalue weighted by molar-refractivity contribution is 0.0595. The summed E-state index contributed by atoms with van der Waals surface area (Å²) in [5, 5.41) is 5.80. The number of benzene rings is 1. The van der Waals surface area contributed by atoms with Crippen LogP contribution in [0.5, 0.6) is 0 Å². The zero-order valence-electron chi connectivity index (χ0n) is 12.6. The van der Waals surface area contributed by atoms with Crippen LogP contribution < -0.4 is 0 Å². The van der Waals surface area contributed by atoms with Crippen LogP contribution >= 0.6 is 11.6 Å². The molecule has 0 atom stereocenters. The van der Waals surface area contributed by atoms with Crippen LogP contribution in [-0.2, 0) is 16.1 Å². The van der Waals surface area contributed by atoms with E-state index in [1.165, 1.54) is 13.3 Å². The Hall–Kier alpha value is -2.44. The third-order valence-corrected chi connectivity index (χ3v) is 3.70. The Balaban J connectivity index is 2.23. The van der Waals surface area contributed by atoms with E-state index >= 15 is 0 Å². The first kappa shape index (κ1) is 15.5. The van der Waals surface area contributed by atoms with Crippen LogP contribution in [-0.4, -0.2) is 35.0 Å². The van der Waals surface area contributed by atoms with E-state index in [-0.39, 0.29) is 6.61 Å². The minimum Gasteiger partial charge on any atom is -0.465 e. The van der Waals surface area contributed by atoms with E-state index in [0.717, 1.165) is 16.6 Å². The maximum atomic E-state index is 11.9. The van der Waals surface area contributed by atoms with Crippen molar-refractivity contribution in [3.05, 3.63) is 52.9 Å². The van der Waals surface area contributed by atoms with E-state index in [4.69, 9.17) is 21.1 Å². The molecule has 0 saturated heterocycles. The van der Waals surface area contributed by atoms with Gasteiger partial charge in [-0.1, -0.05) is 11.6 Å². The molecule has 0 spiro atoms. The summed E-state index contributed by atoms with van der Waals surface area (Å²) in [6.45, 7) is 0.224. The highest BCUT2D eigenvalue weighted by Gasteiger charge is 2.20. The first-order chi connectivity index (χ1) is 11.2. The lowest BCUT2D eigenvalue weighted by Crippen LogP contribution is -2.09. The summed E-state index contributed by atoms with van der Waals surface area (Å²) in [4.78, 5) is 16.2. The van der Waals surface area contributed by atoms with Crippen LogP contribution in [0.1, 0.15) is 16.1 Å². The Labute approximate surface area is 137 Å². The SMILES string of the molecule is COCc1c(C(=O)OC)cnn1-c1ccnc2cc(Cl)ccc12. The summed E-state index contributed by atoms with van der Waals surface area (Å²) < 4.78 is 11.7. The van der Waals surface area contributed by atoms with Crippen molar-refractivity contribution in [1.82, 2.24) is 14.8 Å². The summed E-state index contributed by atoms with van der Waals surface area (Å²) in [7, 11) is 2.89. The largest absolute Gasteiger partial charge is 0.465 e. The number of ether oxygens (including phenoxy) is 2. The van der Waals surface area contributed by atoms with Crippen molar-refractivity contribution in [2.24, 2.45) is 0 Å².